The van der Waals surface area contributed by atoms with Crippen molar-refractivity contribution < 1.29 is 23.9 Å². The van der Waals surface area contributed by atoms with Gasteiger partial charge >= 0.3 is 0 Å². The van der Waals surface area contributed by atoms with Crippen LogP contribution in [-0.4, -0.2) is 39.0 Å². The first-order valence-corrected chi connectivity index (χ1v) is 11.0. The van der Waals surface area contributed by atoms with Gasteiger partial charge in [0.15, 0.2) is 0 Å². The maximum absolute atomic E-state index is 12.1. The van der Waals surface area contributed by atoms with Crippen molar-refractivity contribution in [2.24, 2.45) is 0 Å². The minimum absolute atomic E-state index is 0.132. The van der Waals surface area contributed by atoms with E-state index >= 15 is 0 Å². The molecule has 0 fully saturated rings. The second-order valence-electron chi connectivity index (χ2n) is 7.38. The number of amides is 2. The summed E-state index contributed by atoms with van der Waals surface area (Å²) in [6.45, 7) is 2.79. The van der Waals surface area contributed by atoms with Crippen molar-refractivity contribution in [3.63, 3.8) is 0 Å². The smallest absolute Gasteiger partial charge is 0.220 e. The fraction of sp³-hybridized carbons (Fsp3) is 0.375. The number of nitrogens with one attached hydrogen (secondary N) is 2. The first kappa shape index (κ1) is 25.0. The summed E-state index contributed by atoms with van der Waals surface area (Å²) >= 11 is 0. The Hall–Kier alpha value is -3.29. The Morgan fingerprint density at radius 1 is 1.00 bits per heavy atom. The molecular formula is C24H31BN2O5. The number of carbonyl (C=O) groups is 3. The highest BCUT2D eigenvalue weighted by Gasteiger charge is 2.10. The molecule has 0 spiro atoms. The normalized spacial score (nSPS) is 10.3. The molecule has 170 valence electrons. The number of hydrogen-bond acceptors (Lipinski definition) is 5. The van der Waals surface area contributed by atoms with Crippen molar-refractivity contribution in [1.29, 1.82) is 0 Å². The Morgan fingerprint density at radius 2 is 1.75 bits per heavy atom. The van der Waals surface area contributed by atoms with Crippen LogP contribution in [0, 0.1) is 6.92 Å². The minimum Gasteiger partial charge on any atom is -0.493 e. The highest BCUT2D eigenvalue weighted by molar-refractivity contribution is 6.10. The molecule has 2 aromatic rings. The topological polar surface area (TPSA) is 93.7 Å². The summed E-state index contributed by atoms with van der Waals surface area (Å²) in [5, 5.41) is 5.52. The molecule has 8 heteroatoms. The van der Waals surface area contributed by atoms with Crippen LogP contribution in [0.1, 0.15) is 43.2 Å². The average molecular weight is 438 g/mol. The second kappa shape index (κ2) is 13.9. The quantitative estimate of drug-likeness (QED) is 0.269. The first-order chi connectivity index (χ1) is 15.5. The molecule has 0 aliphatic carbocycles. The van der Waals surface area contributed by atoms with Crippen LogP contribution >= 0.6 is 0 Å². The largest absolute Gasteiger partial charge is 0.493 e. The Bertz CT molecular complexity index is 904. The molecule has 0 saturated carbocycles. The third-order valence-electron chi connectivity index (χ3n) is 4.77. The lowest BCUT2D eigenvalue weighted by Gasteiger charge is -2.15. The number of aldehydes is 1. The lowest BCUT2D eigenvalue weighted by Crippen LogP contribution is -2.28. The molecule has 2 aromatic carbocycles. The van der Waals surface area contributed by atoms with Crippen molar-refractivity contribution in [3.05, 3.63) is 53.6 Å². The van der Waals surface area contributed by atoms with Crippen molar-refractivity contribution in [2.45, 2.75) is 45.6 Å². The van der Waals surface area contributed by atoms with Crippen LogP contribution in [0.2, 0.25) is 0 Å². The van der Waals surface area contributed by atoms with Gasteiger partial charge in [-0.15, -0.1) is 0 Å². The van der Waals surface area contributed by atoms with Gasteiger partial charge in [-0.2, -0.15) is 0 Å². The summed E-state index contributed by atoms with van der Waals surface area (Å²) in [7, 11) is 1.84. The predicted octanol–water partition coefficient (Wildman–Crippen LogP) is 2.64. The predicted molar refractivity (Wildman–Crippen MR) is 126 cm³/mol. The number of para-hydroxylation sites is 1. The van der Waals surface area contributed by atoms with Crippen LogP contribution in [0.3, 0.4) is 0 Å². The van der Waals surface area contributed by atoms with Crippen LogP contribution in [0.5, 0.6) is 17.2 Å². The van der Waals surface area contributed by atoms with E-state index in [-0.39, 0.29) is 24.7 Å². The summed E-state index contributed by atoms with van der Waals surface area (Å²) in [4.78, 5) is 34.0. The molecule has 0 atom stereocenters. The van der Waals surface area contributed by atoms with Crippen molar-refractivity contribution in [3.8, 4) is 17.2 Å². The van der Waals surface area contributed by atoms with Gasteiger partial charge in [-0.25, -0.2) is 0 Å². The van der Waals surface area contributed by atoms with E-state index in [1.165, 1.54) is 0 Å². The van der Waals surface area contributed by atoms with Gasteiger partial charge in [0.05, 0.1) is 6.61 Å². The molecule has 32 heavy (non-hydrogen) atoms. The Morgan fingerprint density at radius 3 is 2.50 bits per heavy atom. The van der Waals surface area contributed by atoms with Gasteiger partial charge in [0.25, 0.3) is 0 Å². The van der Waals surface area contributed by atoms with Crippen LogP contribution in [0.15, 0.2) is 42.5 Å². The molecule has 2 amide bonds. The number of ether oxygens (including phenoxy) is 2. The summed E-state index contributed by atoms with van der Waals surface area (Å²) in [5.74, 6) is 1.70. The van der Waals surface area contributed by atoms with E-state index in [2.05, 4.69) is 10.6 Å². The van der Waals surface area contributed by atoms with Gasteiger partial charge in [-0.05, 0) is 43.9 Å². The molecule has 0 saturated heterocycles. The minimum atomic E-state index is -0.188. The van der Waals surface area contributed by atoms with Gasteiger partial charge in [0, 0.05) is 37.4 Å². The van der Waals surface area contributed by atoms with E-state index in [0.717, 1.165) is 30.3 Å². The number of hydrogen-bond donors (Lipinski definition) is 2. The van der Waals surface area contributed by atoms with E-state index in [0.29, 0.717) is 43.3 Å². The van der Waals surface area contributed by atoms with E-state index < -0.39 is 0 Å². The Labute approximate surface area is 190 Å². The van der Waals surface area contributed by atoms with Gasteiger partial charge in [0.2, 0.25) is 11.8 Å². The number of carbonyl (C=O) groups excluding carboxylic acids is 3. The fourth-order valence-corrected chi connectivity index (χ4v) is 2.96. The van der Waals surface area contributed by atoms with Crippen molar-refractivity contribution in [1.82, 2.24) is 10.6 Å². The molecule has 2 rings (SSSR count). The Balaban J connectivity index is 1.95. The number of rotatable bonds is 14. The highest BCUT2D eigenvalue weighted by atomic mass is 16.5. The third-order valence-corrected chi connectivity index (χ3v) is 4.77. The summed E-state index contributed by atoms with van der Waals surface area (Å²) in [5.41, 5.74) is 1.79. The number of aryl methyl sites for hydroxylation is 1. The molecule has 0 heterocycles. The number of unbranched alkanes of at least 4 members (excludes halogenated alkanes) is 2. The van der Waals surface area contributed by atoms with E-state index in [1.54, 1.807) is 0 Å². The fourth-order valence-electron chi connectivity index (χ4n) is 2.96. The highest BCUT2D eigenvalue weighted by Crippen LogP contribution is 2.31. The molecule has 0 aromatic heterocycles. The van der Waals surface area contributed by atoms with Crippen molar-refractivity contribution >= 4 is 25.9 Å². The molecule has 0 bridgehead atoms. The summed E-state index contributed by atoms with van der Waals surface area (Å²) in [6, 6.07) is 13.2. The van der Waals surface area contributed by atoms with E-state index in [1.807, 2.05) is 57.2 Å². The third kappa shape index (κ3) is 8.84. The van der Waals surface area contributed by atoms with E-state index in [9.17, 15) is 14.4 Å². The molecule has 0 aliphatic heterocycles. The van der Waals surface area contributed by atoms with Gasteiger partial charge < -0.3 is 24.9 Å². The molecule has 7 nitrogen and oxygen atoms in total. The summed E-state index contributed by atoms with van der Waals surface area (Å²) in [6.07, 6.45) is 3.94. The molecule has 0 radical (unpaired) electrons. The zero-order chi connectivity index (χ0) is 23.2. The van der Waals surface area contributed by atoms with Crippen LogP contribution in [-0.2, 0) is 20.9 Å². The first-order valence-electron chi connectivity index (χ1n) is 11.0. The van der Waals surface area contributed by atoms with Crippen LogP contribution in [0.4, 0.5) is 0 Å². The van der Waals surface area contributed by atoms with E-state index in [4.69, 9.17) is 9.47 Å². The number of benzene rings is 2. The molecular weight excluding hydrogens is 407 g/mol. The Kier molecular flexibility index (Phi) is 10.9. The van der Waals surface area contributed by atoms with Crippen LogP contribution < -0.4 is 20.1 Å². The maximum Gasteiger partial charge on any atom is 0.220 e. The van der Waals surface area contributed by atoms with Gasteiger partial charge in [0.1, 0.15) is 31.4 Å². The zero-order valence-corrected chi connectivity index (χ0v) is 18.8. The lowest BCUT2D eigenvalue weighted by atomic mass is 10.1. The van der Waals surface area contributed by atoms with Crippen molar-refractivity contribution in [2.75, 3.05) is 13.1 Å². The van der Waals surface area contributed by atoms with Gasteiger partial charge in [-0.3, -0.25) is 9.59 Å². The standard InChI is InChI=1S/C24H31BN2O5/c1-18-9-10-20(31-14-6-2-5-13-28)15-22(18)32-21-8-4-3-7-19(21)16-26-23(29)11-12-24(30)27-17-25/h3-4,7-10,13,15H,2,5-6,11-12,14,16-17,25H2,1H3,(H,26,29)(H,27,30). The maximum atomic E-state index is 12.1. The molecule has 2 N–H and O–H groups in total. The molecule has 0 aliphatic rings. The average Bonchev–Trinajstić information content (AvgIpc) is 2.79. The zero-order valence-electron chi connectivity index (χ0n) is 18.8. The monoisotopic (exact) mass is 438 g/mol. The summed E-state index contributed by atoms with van der Waals surface area (Å²) < 4.78 is 11.9. The van der Waals surface area contributed by atoms with Crippen LogP contribution in [0.25, 0.3) is 0 Å². The van der Waals surface area contributed by atoms with Gasteiger partial charge in [-0.1, -0.05) is 24.3 Å². The SMILES string of the molecule is BCNC(=O)CCC(=O)NCc1ccccc1Oc1cc(OCCCCC=O)ccc1C. The molecule has 0 unspecified atom stereocenters. The lowest BCUT2D eigenvalue weighted by molar-refractivity contribution is -0.126. The second-order valence-corrected chi connectivity index (χ2v) is 7.38.